The van der Waals surface area contributed by atoms with Crippen molar-refractivity contribution >= 4 is 16.9 Å². The van der Waals surface area contributed by atoms with Crippen LogP contribution in [0.4, 0.5) is 0 Å². The van der Waals surface area contributed by atoms with Gasteiger partial charge < -0.3 is 5.11 Å². The maximum Gasteiger partial charge on any atom is 0.193 e. The number of ketones is 1. The second-order valence-electron chi connectivity index (χ2n) is 7.26. The van der Waals surface area contributed by atoms with Crippen LogP contribution in [0.2, 0.25) is 0 Å². The first-order valence-corrected chi connectivity index (χ1v) is 9.27. The Labute approximate surface area is 159 Å². The van der Waals surface area contributed by atoms with Gasteiger partial charge in [0.25, 0.3) is 0 Å². The minimum atomic E-state index is 0.00961. The van der Waals surface area contributed by atoms with E-state index in [4.69, 9.17) is 0 Å². The van der Waals surface area contributed by atoms with E-state index < -0.39 is 0 Å². The summed E-state index contributed by atoms with van der Waals surface area (Å²) >= 11 is 0. The van der Waals surface area contributed by atoms with Gasteiger partial charge in [-0.25, -0.2) is 0 Å². The topological polar surface area (TPSA) is 37.3 Å². The molecular weight excluding hydrogens is 332 g/mol. The van der Waals surface area contributed by atoms with Crippen molar-refractivity contribution < 1.29 is 9.90 Å². The van der Waals surface area contributed by atoms with Gasteiger partial charge >= 0.3 is 0 Å². The predicted molar refractivity (Wildman–Crippen MR) is 110 cm³/mol. The molecule has 0 heterocycles. The molecular formula is C25H22O2. The molecule has 4 rings (SSSR count). The van der Waals surface area contributed by atoms with E-state index in [0.717, 1.165) is 35.1 Å². The van der Waals surface area contributed by atoms with Crippen molar-refractivity contribution in [1.82, 2.24) is 0 Å². The van der Waals surface area contributed by atoms with Crippen LogP contribution < -0.4 is 0 Å². The van der Waals surface area contributed by atoms with Crippen molar-refractivity contribution in [1.29, 1.82) is 0 Å². The molecule has 2 nitrogen and oxygen atoms in total. The molecule has 0 aliphatic heterocycles. The number of carbonyl (C=O) groups is 1. The van der Waals surface area contributed by atoms with Gasteiger partial charge in [0, 0.05) is 11.1 Å². The number of aryl methyl sites for hydroxylation is 3. The van der Waals surface area contributed by atoms with Crippen LogP contribution in [-0.2, 0) is 6.42 Å². The zero-order valence-electron chi connectivity index (χ0n) is 15.6. The second kappa shape index (κ2) is 6.88. The molecule has 0 fully saturated rings. The highest BCUT2D eigenvalue weighted by Gasteiger charge is 2.26. The van der Waals surface area contributed by atoms with Crippen LogP contribution in [0.5, 0.6) is 5.75 Å². The number of aromatic hydroxyl groups is 1. The number of hydrogen-bond donors (Lipinski definition) is 1. The highest BCUT2D eigenvalue weighted by molar-refractivity contribution is 6.35. The van der Waals surface area contributed by atoms with Gasteiger partial charge in [0.1, 0.15) is 5.75 Å². The normalized spacial score (nSPS) is 13.4. The number of fused-ring (bicyclic) bond motifs is 1. The number of benzene rings is 3. The molecule has 0 atom stereocenters. The molecule has 3 aromatic rings. The van der Waals surface area contributed by atoms with E-state index in [9.17, 15) is 9.90 Å². The van der Waals surface area contributed by atoms with Gasteiger partial charge in [-0.2, -0.15) is 0 Å². The van der Waals surface area contributed by atoms with Gasteiger partial charge in [0.05, 0.1) is 0 Å². The molecule has 1 aliphatic rings. The molecule has 0 unspecified atom stereocenters. The number of Topliss-reactive ketones (excluding diaryl/α,β-unsaturated/α-hetero) is 1. The maximum atomic E-state index is 13.5. The van der Waals surface area contributed by atoms with E-state index in [-0.39, 0.29) is 11.5 Å². The van der Waals surface area contributed by atoms with Crippen LogP contribution in [0.15, 0.2) is 66.7 Å². The number of rotatable bonds is 3. The Kier molecular flexibility index (Phi) is 4.41. The predicted octanol–water partition coefficient (Wildman–Crippen LogP) is 5.75. The minimum absolute atomic E-state index is 0.00961. The van der Waals surface area contributed by atoms with Crippen molar-refractivity contribution in [3.63, 3.8) is 0 Å². The molecule has 0 bridgehead atoms. The molecule has 0 radical (unpaired) electrons. The molecule has 27 heavy (non-hydrogen) atoms. The standard InChI is InChI=1S/C25H22O2/c1-16-3-6-18(7-4-16)22-14-10-20-15-17(2)5-13-23(20)24(22)25(27)19-8-11-21(26)12-9-19/h3-9,11-13,15,26H,10,14H2,1-2H3. The lowest BCUT2D eigenvalue weighted by molar-refractivity contribution is 0.105. The average molecular weight is 354 g/mol. The van der Waals surface area contributed by atoms with E-state index in [1.54, 1.807) is 24.3 Å². The molecule has 134 valence electrons. The summed E-state index contributed by atoms with van der Waals surface area (Å²) in [6.07, 6.45) is 1.78. The summed E-state index contributed by atoms with van der Waals surface area (Å²) in [6, 6.07) is 21.3. The van der Waals surface area contributed by atoms with Crippen LogP contribution >= 0.6 is 0 Å². The molecule has 1 aliphatic carbocycles. The number of phenols is 1. The Morgan fingerprint density at radius 2 is 1.48 bits per heavy atom. The average Bonchev–Trinajstić information content (AvgIpc) is 2.68. The van der Waals surface area contributed by atoms with Crippen LogP contribution in [0, 0.1) is 13.8 Å². The maximum absolute atomic E-state index is 13.5. The third kappa shape index (κ3) is 3.31. The summed E-state index contributed by atoms with van der Waals surface area (Å²) in [5.74, 6) is 0.175. The third-order valence-corrected chi connectivity index (χ3v) is 5.23. The molecule has 0 amide bonds. The smallest absolute Gasteiger partial charge is 0.193 e. The summed E-state index contributed by atoms with van der Waals surface area (Å²) < 4.78 is 0. The lowest BCUT2D eigenvalue weighted by atomic mass is 9.79. The van der Waals surface area contributed by atoms with Crippen molar-refractivity contribution in [3.8, 4) is 5.75 Å². The van der Waals surface area contributed by atoms with E-state index >= 15 is 0 Å². The van der Waals surface area contributed by atoms with Gasteiger partial charge in [-0.15, -0.1) is 0 Å². The van der Waals surface area contributed by atoms with E-state index in [1.165, 1.54) is 16.7 Å². The third-order valence-electron chi connectivity index (χ3n) is 5.23. The number of allylic oxidation sites excluding steroid dienone is 2. The summed E-state index contributed by atoms with van der Waals surface area (Å²) in [7, 11) is 0. The van der Waals surface area contributed by atoms with Gasteiger partial charge in [-0.1, -0.05) is 53.6 Å². The first kappa shape index (κ1) is 17.3. The SMILES string of the molecule is Cc1ccc(C2=C(C(=O)c3ccc(O)cc3)c3ccc(C)cc3CC2)cc1. The molecule has 0 saturated heterocycles. The second-order valence-corrected chi connectivity index (χ2v) is 7.26. The summed E-state index contributed by atoms with van der Waals surface area (Å²) in [6.45, 7) is 4.15. The summed E-state index contributed by atoms with van der Waals surface area (Å²) in [4.78, 5) is 13.5. The quantitative estimate of drug-likeness (QED) is 0.608. The monoisotopic (exact) mass is 354 g/mol. The van der Waals surface area contributed by atoms with Crippen molar-refractivity contribution in [2.75, 3.05) is 0 Å². The van der Waals surface area contributed by atoms with E-state index in [1.807, 2.05) is 0 Å². The molecule has 1 N–H and O–H groups in total. The van der Waals surface area contributed by atoms with Gasteiger partial charge in [0.2, 0.25) is 0 Å². The Hall–Kier alpha value is -3.13. The van der Waals surface area contributed by atoms with Crippen molar-refractivity contribution in [2.45, 2.75) is 26.7 Å². The van der Waals surface area contributed by atoms with Crippen molar-refractivity contribution in [2.24, 2.45) is 0 Å². The largest absolute Gasteiger partial charge is 0.508 e. The molecule has 3 aromatic carbocycles. The molecule has 0 spiro atoms. The fourth-order valence-corrected chi connectivity index (χ4v) is 3.78. The fourth-order valence-electron chi connectivity index (χ4n) is 3.78. The highest BCUT2D eigenvalue weighted by atomic mass is 16.3. The minimum Gasteiger partial charge on any atom is -0.508 e. The van der Waals surface area contributed by atoms with E-state index in [0.29, 0.717) is 5.56 Å². The van der Waals surface area contributed by atoms with Gasteiger partial charge in [-0.3, -0.25) is 4.79 Å². The lowest BCUT2D eigenvalue weighted by Crippen LogP contribution is -2.12. The van der Waals surface area contributed by atoms with Crippen LogP contribution in [0.25, 0.3) is 11.1 Å². The summed E-state index contributed by atoms with van der Waals surface area (Å²) in [5.41, 5.74) is 8.26. The molecule has 0 saturated carbocycles. The zero-order valence-corrected chi connectivity index (χ0v) is 15.6. The Morgan fingerprint density at radius 3 is 2.19 bits per heavy atom. The highest BCUT2D eigenvalue weighted by Crippen LogP contribution is 2.39. The first-order chi connectivity index (χ1) is 13.0. The Morgan fingerprint density at radius 1 is 0.815 bits per heavy atom. The van der Waals surface area contributed by atoms with Gasteiger partial charge in [-0.05, 0) is 73.2 Å². The Bertz CT molecular complexity index is 1040. The van der Waals surface area contributed by atoms with Crippen LogP contribution in [-0.4, -0.2) is 10.9 Å². The lowest BCUT2D eigenvalue weighted by Gasteiger charge is -2.24. The number of carbonyl (C=O) groups excluding carboxylic acids is 1. The number of hydrogen-bond acceptors (Lipinski definition) is 2. The Balaban J connectivity index is 1.92. The first-order valence-electron chi connectivity index (χ1n) is 9.27. The fraction of sp³-hybridized carbons (Fsp3) is 0.160. The summed E-state index contributed by atoms with van der Waals surface area (Å²) in [5, 5.41) is 9.57. The van der Waals surface area contributed by atoms with Gasteiger partial charge in [0.15, 0.2) is 5.78 Å². The van der Waals surface area contributed by atoms with Crippen molar-refractivity contribution in [3.05, 3.63) is 100 Å². The molecule has 2 heteroatoms. The van der Waals surface area contributed by atoms with Crippen LogP contribution in [0.1, 0.15) is 44.6 Å². The van der Waals surface area contributed by atoms with E-state index in [2.05, 4.69) is 56.3 Å². The molecule has 0 aromatic heterocycles. The zero-order chi connectivity index (χ0) is 19.0. The number of phenolic OH excluding ortho intramolecular Hbond substituents is 1. The van der Waals surface area contributed by atoms with Crippen LogP contribution in [0.3, 0.4) is 0 Å².